The van der Waals surface area contributed by atoms with Crippen molar-refractivity contribution in [3.63, 3.8) is 0 Å². The van der Waals surface area contributed by atoms with E-state index in [9.17, 15) is 0 Å². The molecule has 0 unspecified atom stereocenters. The summed E-state index contributed by atoms with van der Waals surface area (Å²) in [5.74, 6) is 1.53. The second-order valence-electron chi connectivity index (χ2n) is 4.33. The molecule has 6 heteroatoms. The van der Waals surface area contributed by atoms with Crippen molar-refractivity contribution >= 4 is 5.69 Å². The molecule has 2 N–H and O–H groups in total. The van der Waals surface area contributed by atoms with Crippen molar-refractivity contribution in [3.8, 4) is 28.7 Å². The molecule has 0 aliphatic heterocycles. The molecule has 3 rings (SSSR count). The molecule has 0 amide bonds. The quantitative estimate of drug-likeness (QED) is 0.791. The Labute approximate surface area is 121 Å². The third-order valence-electron chi connectivity index (χ3n) is 2.87. The zero-order valence-corrected chi connectivity index (χ0v) is 11.5. The van der Waals surface area contributed by atoms with Gasteiger partial charge in [0, 0.05) is 11.8 Å². The van der Waals surface area contributed by atoms with Crippen LogP contribution in [0.3, 0.4) is 0 Å². The zero-order valence-electron chi connectivity index (χ0n) is 11.5. The van der Waals surface area contributed by atoms with Gasteiger partial charge in [0.25, 0.3) is 5.89 Å². The van der Waals surface area contributed by atoms with E-state index in [0.29, 0.717) is 29.7 Å². The molecular weight excluding hydrogens is 268 g/mol. The van der Waals surface area contributed by atoms with Gasteiger partial charge in [-0.2, -0.15) is 4.98 Å². The number of aromatic nitrogens is 3. The summed E-state index contributed by atoms with van der Waals surface area (Å²) < 4.78 is 10.7. The molecule has 0 aliphatic rings. The molecule has 0 aliphatic carbocycles. The summed E-state index contributed by atoms with van der Waals surface area (Å²) in [5.41, 5.74) is 7.64. The lowest BCUT2D eigenvalue weighted by Crippen LogP contribution is -1.93. The summed E-state index contributed by atoms with van der Waals surface area (Å²) in [5, 5.41) is 3.97. The van der Waals surface area contributed by atoms with E-state index in [2.05, 4.69) is 15.1 Å². The molecule has 0 saturated carbocycles. The summed E-state index contributed by atoms with van der Waals surface area (Å²) in [4.78, 5) is 8.49. The fraction of sp³-hybridized carbons (Fsp3) is 0.133. The van der Waals surface area contributed by atoms with Gasteiger partial charge in [-0.1, -0.05) is 17.3 Å². The van der Waals surface area contributed by atoms with Crippen molar-refractivity contribution in [1.82, 2.24) is 15.1 Å². The van der Waals surface area contributed by atoms with Crippen molar-refractivity contribution in [2.45, 2.75) is 6.92 Å². The van der Waals surface area contributed by atoms with Crippen LogP contribution in [0.1, 0.15) is 6.92 Å². The Morgan fingerprint density at radius 2 is 2.14 bits per heavy atom. The van der Waals surface area contributed by atoms with Gasteiger partial charge in [-0.3, -0.25) is 0 Å². The van der Waals surface area contributed by atoms with Crippen LogP contribution in [0.4, 0.5) is 5.69 Å². The molecule has 2 aromatic heterocycles. The molecule has 0 fully saturated rings. The van der Waals surface area contributed by atoms with E-state index in [4.69, 9.17) is 15.0 Å². The molecule has 1 aromatic carbocycles. The van der Waals surface area contributed by atoms with Crippen LogP contribution in [0.25, 0.3) is 23.0 Å². The average molecular weight is 282 g/mol. The van der Waals surface area contributed by atoms with Crippen molar-refractivity contribution < 1.29 is 9.26 Å². The van der Waals surface area contributed by atoms with Gasteiger partial charge in [-0.15, -0.1) is 0 Å². The van der Waals surface area contributed by atoms with E-state index in [-0.39, 0.29) is 0 Å². The molecule has 0 spiro atoms. The topological polar surface area (TPSA) is 87.1 Å². The van der Waals surface area contributed by atoms with E-state index in [1.54, 1.807) is 18.3 Å². The van der Waals surface area contributed by atoms with Crippen molar-refractivity contribution in [2.75, 3.05) is 12.3 Å². The van der Waals surface area contributed by atoms with Crippen LogP contribution >= 0.6 is 0 Å². The van der Waals surface area contributed by atoms with Crippen LogP contribution in [-0.2, 0) is 0 Å². The second kappa shape index (κ2) is 5.62. The number of hydrogen-bond acceptors (Lipinski definition) is 6. The maximum Gasteiger partial charge on any atom is 0.278 e. The fourth-order valence-corrected chi connectivity index (χ4v) is 1.92. The fourth-order valence-electron chi connectivity index (χ4n) is 1.92. The minimum atomic E-state index is 0.296. The highest BCUT2D eigenvalue weighted by atomic mass is 16.5. The molecule has 0 bridgehead atoms. The number of hydrogen-bond donors (Lipinski definition) is 1. The number of nitrogen functional groups attached to an aromatic ring is 1. The Kier molecular flexibility index (Phi) is 3.51. The first kappa shape index (κ1) is 13.1. The van der Waals surface area contributed by atoms with Crippen LogP contribution in [0, 0.1) is 0 Å². The average Bonchev–Trinajstić information content (AvgIpc) is 2.98. The molecular formula is C15H14N4O2. The molecule has 6 nitrogen and oxygen atoms in total. The molecule has 2 heterocycles. The van der Waals surface area contributed by atoms with E-state index in [0.717, 1.165) is 11.3 Å². The summed E-state index contributed by atoms with van der Waals surface area (Å²) in [6, 6.07) is 11.0. The van der Waals surface area contributed by atoms with Crippen molar-refractivity contribution in [2.24, 2.45) is 0 Å². The summed E-state index contributed by atoms with van der Waals surface area (Å²) in [7, 11) is 0. The van der Waals surface area contributed by atoms with Crippen molar-refractivity contribution in [1.29, 1.82) is 0 Å². The molecule has 0 radical (unpaired) electrons. The molecule has 106 valence electrons. The minimum Gasteiger partial charge on any atom is -0.494 e. The maximum absolute atomic E-state index is 5.85. The number of rotatable bonds is 4. The highest BCUT2D eigenvalue weighted by Crippen LogP contribution is 2.26. The third kappa shape index (κ3) is 2.69. The SMILES string of the molecule is CCOc1cccc(-c2noc(-c3ncccc3N)n2)c1. The summed E-state index contributed by atoms with van der Waals surface area (Å²) in [6.45, 7) is 2.54. The predicted octanol–water partition coefficient (Wildman–Crippen LogP) is 2.78. The van der Waals surface area contributed by atoms with E-state index in [1.165, 1.54) is 0 Å². The summed E-state index contributed by atoms with van der Waals surface area (Å²) >= 11 is 0. The Morgan fingerprint density at radius 1 is 1.24 bits per heavy atom. The van der Waals surface area contributed by atoms with Gasteiger partial charge in [0.15, 0.2) is 5.69 Å². The van der Waals surface area contributed by atoms with Gasteiger partial charge in [-0.25, -0.2) is 4.98 Å². The van der Waals surface area contributed by atoms with Crippen LogP contribution in [0.2, 0.25) is 0 Å². The highest BCUT2D eigenvalue weighted by molar-refractivity contribution is 5.67. The number of anilines is 1. The molecule has 0 saturated heterocycles. The van der Waals surface area contributed by atoms with E-state index < -0.39 is 0 Å². The smallest absolute Gasteiger partial charge is 0.278 e. The second-order valence-corrected chi connectivity index (χ2v) is 4.33. The van der Waals surface area contributed by atoms with E-state index in [1.807, 2.05) is 31.2 Å². The standard InChI is InChI=1S/C15H14N4O2/c1-2-20-11-6-3-5-10(9-11)14-18-15(21-19-14)13-12(16)7-4-8-17-13/h3-9H,2,16H2,1H3. The number of ether oxygens (including phenoxy) is 1. The van der Waals surface area contributed by atoms with Gasteiger partial charge in [0.2, 0.25) is 5.82 Å². The first-order valence-corrected chi connectivity index (χ1v) is 6.55. The number of nitrogens with zero attached hydrogens (tertiary/aromatic N) is 3. The summed E-state index contributed by atoms with van der Waals surface area (Å²) in [6.07, 6.45) is 1.63. The maximum atomic E-state index is 5.85. The lowest BCUT2D eigenvalue weighted by atomic mass is 10.2. The van der Waals surface area contributed by atoms with Crippen LogP contribution in [-0.4, -0.2) is 21.7 Å². The van der Waals surface area contributed by atoms with E-state index >= 15 is 0 Å². The zero-order chi connectivity index (χ0) is 14.7. The normalized spacial score (nSPS) is 10.5. The molecule has 3 aromatic rings. The molecule has 21 heavy (non-hydrogen) atoms. The Balaban J connectivity index is 1.95. The lowest BCUT2D eigenvalue weighted by molar-refractivity contribution is 0.340. The van der Waals surface area contributed by atoms with Crippen LogP contribution in [0.5, 0.6) is 5.75 Å². The number of benzene rings is 1. The number of nitrogens with two attached hydrogens (primary N) is 1. The Morgan fingerprint density at radius 3 is 2.95 bits per heavy atom. The van der Waals surface area contributed by atoms with Gasteiger partial charge >= 0.3 is 0 Å². The predicted molar refractivity (Wildman–Crippen MR) is 78.5 cm³/mol. The number of pyridine rings is 1. The first-order valence-electron chi connectivity index (χ1n) is 6.55. The van der Waals surface area contributed by atoms with Gasteiger partial charge < -0.3 is 15.0 Å². The van der Waals surface area contributed by atoms with Crippen LogP contribution < -0.4 is 10.5 Å². The Bertz CT molecular complexity index is 755. The Hall–Kier alpha value is -2.89. The lowest BCUT2D eigenvalue weighted by Gasteiger charge is -2.03. The largest absolute Gasteiger partial charge is 0.494 e. The van der Waals surface area contributed by atoms with Crippen molar-refractivity contribution in [3.05, 3.63) is 42.6 Å². The monoisotopic (exact) mass is 282 g/mol. The first-order chi connectivity index (χ1) is 10.3. The highest BCUT2D eigenvalue weighted by Gasteiger charge is 2.14. The van der Waals surface area contributed by atoms with Crippen LogP contribution in [0.15, 0.2) is 47.1 Å². The molecule has 0 atom stereocenters. The van der Waals surface area contributed by atoms with Gasteiger partial charge in [-0.05, 0) is 31.2 Å². The minimum absolute atomic E-state index is 0.296. The van der Waals surface area contributed by atoms with Gasteiger partial charge in [0.05, 0.1) is 12.3 Å². The third-order valence-corrected chi connectivity index (χ3v) is 2.87. The van der Waals surface area contributed by atoms with Gasteiger partial charge in [0.1, 0.15) is 5.75 Å².